The molecular formula is C12H19BrO. The van der Waals surface area contributed by atoms with Gasteiger partial charge in [0.05, 0.1) is 4.83 Å². The van der Waals surface area contributed by atoms with Crippen molar-refractivity contribution in [2.24, 2.45) is 0 Å². The smallest absolute Gasteiger partial charge is 0.168 e. The van der Waals surface area contributed by atoms with Crippen LogP contribution in [0.15, 0.2) is 23.3 Å². The summed E-state index contributed by atoms with van der Waals surface area (Å²) in [6, 6.07) is 0. The summed E-state index contributed by atoms with van der Waals surface area (Å²) >= 11 is 3.25. The third-order valence-corrected chi connectivity index (χ3v) is 2.32. The van der Waals surface area contributed by atoms with Gasteiger partial charge >= 0.3 is 0 Å². The Bertz CT molecular complexity index is 245. The van der Waals surface area contributed by atoms with Gasteiger partial charge in [0, 0.05) is 0 Å². The second-order valence-electron chi connectivity index (χ2n) is 3.83. The molecule has 0 spiro atoms. The van der Waals surface area contributed by atoms with Gasteiger partial charge in [-0.2, -0.15) is 0 Å². The van der Waals surface area contributed by atoms with E-state index in [-0.39, 0.29) is 10.6 Å². The molecule has 0 amide bonds. The van der Waals surface area contributed by atoms with Crippen molar-refractivity contribution in [2.45, 2.75) is 45.4 Å². The van der Waals surface area contributed by atoms with Gasteiger partial charge in [-0.25, -0.2) is 0 Å². The number of rotatable bonds is 5. The Morgan fingerprint density at radius 2 is 1.93 bits per heavy atom. The van der Waals surface area contributed by atoms with E-state index in [1.165, 1.54) is 5.57 Å². The van der Waals surface area contributed by atoms with Gasteiger partial charge in [0.1, 0.15) is 0 Å². The maximum atomic E-state index is 11.3. The highest BCUT2D eigenvalue weighted by Gasteiger charge is 2.04. The Kier molecular flexibility index (Phi) is 6.81. The van der Waals surface area contributed by atoms with Crippen molar-refractivity contribution >= 4 is 21.7 Å². The lowest BCUT2D eigenvalue weighted by atomic mass is 10.1. The van der Waals surface area contributed by atoms with Gasteiger partial charge in [-0.15, -0.1) is 0 Å². The quantitative estimate of drug-likeness (QED) is 0.414. The van der Waals surface area contributed by atoms with Crippen LogP contribution in [-0.4, -0.2) is 10.6 Å². The number of alkyl halides is 1. The van der Waals surface area contributed by atoms with Crippen molar-refractivity contribution in [3.8, 4) is 0 Å². The topological polar surface area (TPSA) is 17.1 Å². The fourth-order valence-electron chi connectivity index (χ4n) is 1.02. The summed E-state index contributed by atoms with van der Waals surface area (Å²) in [4.78, 5) is 11.2. The average molecular weight is 259 g/mol. The zero-order chi connectivity index (χ0) is 11.1. The molecule has 2 heteroatoms. The second kappa shape index (κ2) is 6.99. The number of halogens is 1. The third-order valence-electron chi connectivity index (χ3n) is 1.87. The lowest BCUT2D eigenvalue weighted by Gasteiger charge is -2.00. The summed E-state index contributed by atoms with van der Waals surface area (Å²) in [6.45, 7) is 8.03. The molecule has 0 aliphatic heterocycles. The number of hydrogen-bond donors (Lipinski definition) is 0. The fourth-order valence-corrected chi connectivity index (χ4v) is 1.15. The van der Waals surface area contributed by atoms with Gasteiger partial charge in [0.15, 0.2) is 5.78 Å². The summed E-state index contributed by atoms with van der Waals surface area (Å²) in [6.07, 6.45) is 5.92. The largest absolute Gasteiger partial charge is 0.294 e. The highest BCUT2D eigenvalue weighted by Crippen LogP contribution is 2.09. The minimum atomic E-state index is -0.0686. The van der Waals surface area contributed by atoms with Crippen LogP contribution < -0.4 is 0 Å². The molecule has 1 unspecified atom stereocenters. The first-order valence-electron chi connectivity index (χ1n) is 4.92. The van der Waals surface area contributed by atoms with Crippen LogP contribution in [0.1, 0.15) is 40.5 Å². The predicted octanol–water partition coefficient (Wildman–Crippen LogP) is 4.03. The van der Waals surface area contributed by atoms with Crippen LogP contribution in [0.3, 0.4) is 0 Å². The number of carbonyl (C=O) groups excluding carboxylic acids is 1. The van der Waals surface area contributed by atoms with Crippen molar-refractivity contribution in [1.29, 1.82) is 0 Å². The molecule has 0 rings (SSSR count). The summed E-state index contributed by atoms with van der Waals surface area (Å²) in [5.41, 5.74) is 2.48. The standard InChI is InChI=1S/C12H19BrO/c1-9(2)6-5-7-10(3)8-12(14)11(4)13/h6,8,11H,5,7H2,1-4H3/b10-8-. The highest BCUT2D eigenvalue weighted by atomic mass is 79.9. The molecule has 0 aliphatic carbocycles. The zero-order valence-corrected chi connectivity index (χ0v) is 11.0. The van der Waals surface area contributed by atoms with Crippen LogP contribution in [0.5, 0.6) is 0 Å². The lowest BCUT2D eigenvalue weighted by Crippen LogP contribution is -2.06. The molecule has 0 aromatic heterocycles. The zero-order valence-electron chi connectivity index (χ0n) is 9.43. The molecule has 0 N–H and O–H groups in total. The van der Waals surface area contributed by atoms with Gasteiger partial charge < -0.3 is 0 Å². The Labute approximate surface area is 95.4 Å². The minimum absolute atomic E-state index is 0.0686. The Hall–Kier alpha value is -0.370. The van der Waals surface area contributed by atoms with E-state index in [0.717, 1.165) is 18.4 Å². The van der Waals surface area contributed by atoms with E-state index in [2.05, 4.69) is 35.9 Å². The van der Waals surface area contributed by atoms with E-state index in [9.17, 15) is 4.79 Å². The Morgan fingerprint density at radius 1 is 1.36 bits per heavy atom. The molecule has 0 aromatic carbocycles. The number of carbonyl (C=O) groups is 1. The normalized spacial score (nSPS) is 13.6. The van der Waals surface area contributed by atoms with Crippen molar-refractivity contribution in [3.63, 3.8) is 0 Å². The molecule has 0 heterocycles. The first kappa shape index (κ1) is 13.6. The van der Waals surface area contributed by atoms with Crippen molar-refractivity contribution in [1.82, 2.24) is 0 Å². The van der Waals surface area contributed by atoms with Crippen LogP contribution in [0, 0.1) is 0 Å². The van der Waals surface area contributed by atoms with Gasteiger partial charge in [-0.3, -0.25) is 4.79 Å². The fraction of sp³-hybridized carbons (Fsp3) is 0.583. The molecule has 0 aliphatic rings. The maximum Gasteiger partial charge on any atom is 0.168 e. The molecule has 14 heavy (non-hydrogen) atoms. The van der Waals surface area contributed by atoms with Crippen molar-refractivity contribution < 1.29 is 4.79 Å². The lowest BCUT2D eigenvalue weighted by molar-refractivity contribution is -0.113. The third kappa shape index (κ3) is 7.07. The van der Waals surface area contributed by atoms with Crippen LogP contribution in [-0.2, 0) is 4.79 Å². The van der Waals surface area contributed by atoms with Gasteiger partial charge in [-0.1, -0.05) is 33.2 Å². The van der Waals surface area contributed by atoms with E-state index < -0.39 is 0 Å². The number of ketones is 1. The van der Waals surface area contributed by atoms with Crippen LogP contribution in [0.2, 0.25) is 0 Å². The first-order chi connectivity index (χ1) is 6.43. The summed E-state index contributed by atoms with van der Waals surface area (Å²) in [7, 11) is 0. The van der Waals surface area contributed by atoms with E-state index in [1.54, 1.807) is 6.08 Å². The summed E-state index contributed by atoms with van der Waals surface area (Å²) < 4.78 is 0. The predicted molar refractivity (Wildman–Crippen MR) is 65.8 cm³/mol. The average Bonchev–Trinajstić information content (AvgIpc) is 2.02. The number of hydrogen-bond acceptors (Lipinski definition) is 1. The molecule has 80 valence electrons. The SMILES string of the molecule is CC(C)=CCC/C(C)=C\C(=O)C(C)Br. The molecule has 1 atom stereocenters. The van der Waals surface area contributed by atoms with Crippen LogP contribution in [0.25, 0.3) is 0 Å². The van der Waals surface area contributed by atoms with Gasteiger partial charge in [0.2, 0.25) is 0 Å². The van der Waals surface area contributed by atoms with E-state index >= 15 is 0 Å². The summed E-state index contributed by atoms with van der Waals surface area (Å²) in [5, 5.41) is 0. The second-order valence-corrected chi connectivity index (χ2v) is 5.20. The minimum Gasteiger partial charge on any atom is -0.294 e. The molecule has 0 bridgehead atoms. The first-order valence-corrected chi connectivity index (χ1v) is 5.83. The molecule has 0 saturated carbocycles. The molecule has 0 fully saturated rings. The van der Waals surface area contributed by atoms with E-state index in [0.29, 0.717) is 0 Å². The highest BCUT2D eigenvalue weighted by molar-refractivity contribution is 9.10. The monoisotopic (exact) mass is 258 g/mol. The van der Waals surface area contributed by atoms with E-state index in [1.807, 2.05) is 13.8 Å². The van der Waals surface area contributed by atoms with Crippen LogP contribution in [0.4, 0.5) is 0 Å². The molecule has 0 aromatic rings. The van der Waals surface area contributed by atoms with Gasteiger partial charge in [-0.05, 0) is 46.6 Å². The Balaban J connectivity index is 4.02. The Morgan fingerprint density at radius 3 is 2.36 bits per heavy atom. The van der Waals surface area contributed by atoms with Crippen molar-refractivity contribution in [3.05, 3.63) is 23.3 Å². The van der Waals surface area contributed by atoms with Gasteiger partial charge in [0.25, 0.3) is 0 Å². The maximum absolute atomic E-state index is 11.3. The van der Waals surface area contributed by atoms with E-state index in [4.69, 9.17) is 0 Å². The molecule has 0 radical (unpaired) electrons. The van der Waals surface area contributed by atoms with Crippen molar-refractivity contribution in [2.75, 3.05) is 0 Å². The molecular weight excluding hydrogens is 240 g/mol. The summed E-state index contributed by atoms with van der Waals surface area (Å²) in [5.74, 6) is 0.153. The number of allylic oxidation sites excluding steroid dienone is 4. The molecule has 1 nitrogen and oxygen atoms in total. The molecule has 0 saturated heterocycles. The van der Waals surface area contributed by atoms with Crippen LogP contribution >= 0.6 is 15.9 Å².